The molecule has 6 nitrogen and oxygen atoms in total. The van der Waals surface area contributed by atoms with E-state index in [9.17, 15) is 9.18 Å². The summed E-state index contributed by atoms with van der Waals surface area (Å²) in [5, 5.41) is 6.29. The van der Waals surface area contributed by atoms with Gasteiger partial charge in [0.15, 0.2) is 0 Å². The second-order valence-corrected chi connectivity index (χ2v) is 8.11. The third-order valence-electron chi connectivity index (χ3n) is 5.92. The second-order valence-electron chi connectivity index (χ2n) is 8.11. The van der Waals surface area contributed by atoms with E-state index in [-0.39, 0.29) is 17.9 Å². The molecule has 166 valence electrons. The summed E-state index contributed by atoms with van der Waals surface area (Å²) >= 11 is 0. The maximum absolute atomic E-state index is 13.7. The molecule has 1 aromatic carbocycles. The fraction of sp³-hybridized carbons (Fsp3) is 0.320. The van der Waals surface area contributed by atoms with Crippen LogP contribution in [0.4, 0.5) is 10.2 Å². The Balaban J connectivity index is 1.53. The molecule has 1 aliphatic heterocycles. The number of anilines is 1. The van der Waals surface area contributed by atoms with Gasteiger partial charge in [-0.15, -0.1) is 0 Å². The van der Waals surface area contributed by atoms with Gasteiger partial charge >= 0.3 is 0 Å². The van der Waals surface area contributed by atoms with Crippen LogP contribution >= 0.6 is 0 Å². The van der Waals surface area contributed by atoms with Gasteiger partial charge in [0.25, 0.3) is 5.91 Å². The van der Waals surface area contributed by atoms with E-state index in [0.717, 1.165) is 49.6 Å². The number of piperidine rings is 1. The van der Waals surface area contributed by atoms with E-state index in [1.165, 1.54) is 12.1 Å². The van der Waals surface area contributed by atoms with Crippen molar-refractivity contribution in [3.8, 4) is 0 Å². The number of hydrogen-bond acceptors (Lipinski definition) is 5. The van der Waals surface area contributed by atoms with Crippen molar-refractivity contribution in [1.29, 1.82) is 0 Å². The first-order chi connectivity index (χ1) is 15.6. The van der Waals surface area contributed by atoms with Crippen LogP contribution in [0.25, 0.3) is 0 Å². The molecule has 1 fully saturated rings. The van der Waals surface area contributed by atoms with Crippen LogP contribution in [0.2, 0.25) is 0 Å². The predicted octanol–water partition coefficient (Wildman–Crippen LogP) is 4.04. The molecule has 1 aliphatic rings. The molecule has 1 amide bonds. The van der Waals surface area contributed by atoms with Crippen molar-refractivity contribution in [3.63, 3.8) is 0 Å². The third kappa shape index (κ3) is 5.29. The summed E-state index contributed by atoms with van der Waals surface area (Å²) in [7, 11) is 1.88. The van der Waals surface area contributed by atoms with E-state index in [1.807, 2.05) is 31.3 Å². The Morgan fingerprint density at radius 2 is 2.03 bits per heavy atom. The number of likely N-dealkylation sites (tertiary alicyclic amines) is 1. The number of halogens is 1. The van der Waals surface area contributed by atoms with E-state index < -0.39 is 5.82 Å². The molecule has 0 aliphatic carbocycles. The van der Waals surface area contributed by atoms with Gasteiger partial charge < -0.3 is 10.6 Å². The lowest BCUT2D eigenvalue weighted by molar-refractivity contribution is 0.0874. The van der Waals surface area contributed by atoms with Gasteiger partial charge in [-0.2, -0.15) is 0 Å². The highest BCUT2D eigenvalue weighted by Crippen LogP contribution is 2.30. The van der Waals surface area contributed by atoms with Gasteiger partial charge in [-0.1, -0.05) is 18.2 Å². The molecule has 1 saturated heterocycles. The Morgan fingerprint density at radius 3 is 2.81 bits per heavy atom. The van der Waals surface area contributed by atoms with Gasteiger partial charge in [0.1, 0.15) is 11.6 Å². The molecule has 2 aromatic heterocycles. The predicted molar refractivity (Wildman–Crippen MR) is 123 cm³/mol. The average Bonchev–Trinajstić information content (AvgIpc) is 2.83. The number of rotatable bonds is 7. The van der Waals surface area contributed by atoms with Crippen LogP contribution < -0.4 is 10.6 Å². The lowest BCUT2D eigenvalue weighted by Gasteiger charge is -2.37. The van der Waals surface area contributed by atoms with Gasteiger partial charge in [0.05, 0.1) is 11.7 Å². The molecular weight excluding hydrogens is 405 g/mol. The topological polar surface area (TPSA) is 70.2 Å². The van der Waals surface area contributed by atoms with Crippen LogP contribution in [0, 0.1) is 11.7 Å². The molecule has 3 aromatic rings. The van der Waals surface area contributed by atoms with Crippen molar-refractivity contribution in [3.05, 3.63) is 89.6 Å². The number of aromatic nitrogens is 2. The summed E-state index contributed by atoms with van der Waals surface area (Å²) in [5.41, 5.74) is 2.28. The standard InChI is InChI=1S/C25H28FN5O/c1-27-24-20(8-5-13-29-24)17-31-14-6-9-19(16-31)23(22-11-2-3-12-28-22)30-25(32)18-7-4-10-21(26)15-18/h2-5,7-8,10-13,15,19,23H,6,9,14,16-17H2,1H3,(H,27,29)(H,30,32)/t19-,23-/m1/s1. The molecule has 0 unspecified atom stereocenters. The Kier molecular flexibility index (Phi) is 7.07. The number of nitrogens with one attached hydrogen (secondary N) is 2. The molecule has 0 bridgehead atoms. The number of hydrogen-bond donors (Lipinski definition) is 2. The smallest absolute Gasteiger partial charge is 0.251 e. The minimum Gasteiger partial charge on any atom is -0.373 e. The Morgan fingerprint density at radius 1 is 1.16 bits per heavy atom. The number of carbonyl (C=O) groups excluding carboxylic acids is 1. The number of amides is 1. The van der Waals surface area contributed by atoms with Crippen molar-refractivity contribution >= 4 is 11.7 Å². The zero-order valence-electron chi connectivity index (χ0n) is 18.2. The van der Waals surface area contributed by atoms with E-state index in [2.05, 4.69) is 31.6 Å². The molecular formula is C25H28FN5O. The van der Waals surface area contributed by atoms with Crippen molar-refractivity contribution in [2.75, 3.05) is 25.5 Å². The highest BCUT2D eigenvalue weighted by molar-refractivity contribution is 5.94. The fourth-order valence-electron chi connectivity index (χ4n) is 4.39. The summed E-state index contributed by atoms with van der Waals surface area (Å²) in [6.45, 7) is 2.59. The van der Waals surface area contributed by atoms with Crippen LogP contribution in [0.5, 0.6) is 0 Å². The minimum atomic E-state index is -0.423. The van der Waals surface area contributed by atoms with E-state index >= 15 is 0 Å². The van der Waals surface area contributed by atoms with Crippen molar-refractivity contribution in [2.24, 2.45) is 5.92 Å². The van der Waals surface area contributed by atoms with Gasteiger partial charge in [-0.25, -0.2) is 9.37 Å². The number of pyridine rings is 2. The SMILES string of the molecule is CNc1ncccc1CN1CCC[C@@H]([C@@H](NC(=O)c2cccc(F)c2)c2ccccn2)C1. The number of benzene rings is 1. The van der Waals surface area contributed by atoms with Crippen molar-refractivity contribution in [2.45, 2.75) is 25.4 Å². The first kappa shape index (κ1) is 21.9. The Hall–Kier alpha value is -3.32. The van der Waals surface area contributed by atoms with Gasteiger partial charge in [0, 0.05) is 43.7 Å². The van der Waals surface area contributed by atoms with Crippen LogP contribution in [-0.4, -0.2) is 40.9 Å². The lowest BCUT2D eigenvalue weighted by atomic mass is 9.88. The molecule has 2 N–H and O–H groups in total. The summed E-state index contributed by atoms with van der Waals surface area (Å²) in [5.74, 6) is 0.357. The Bertz CT molecular complexity index is 1050. The maximum Gasteiger partial charge on any atom is 0.251 e. The van der Waals surface area contributed by atoms with Crippen molar-refractivity contribution < 1.29 is 9.18 Å². The monoisotopic (exact) mass is 433 g/mol. The molecule has 0 saturated carbocycles. The number of nitrogens with zero attached hydrogens (tertiary/aromatic N) is 3. The zero-order chi connectivity index (χ0) is 22.3. The van der Waals surface area contributed by atoms with Crippen LogP contribution in [0.15, 0.2) is 67.0 Å². The summed E-state index contributed by atoms with van der Waals surface area (Å²) in [6.07, 6.45) is 5.53. The highest BCUT2D eigenvalue weighted by atomic mass is 19.1. The minimum absolute atomic E-state index is 0.186. The van der Waals surface area contributed by atoms with Crippen LogP contribution in [0.3, 0.4) is 0 Å². The highest BCUT2D eigenvalue weighted by Gasteiger charge is 2.31. The Labute approximate surface area is 187 Å². The molecule has 3 heterocycles. The maximum atomic E-state index is 13.7. The molecule has 2 atom stereocenters. The summed E-state index contributed by atoms with van der Waals surface area (Å²) in [6, 6.07) is 15.3. The molecule has 4 rings (SSSR count). The van der Waals surface area contributed by atoms with E-state index in [4.69, 9.17) is 0 Å². The summed E-state index contributed by atoms with van der Waals surface area (Å²) in [4.78, 5) is 24.3. The lowest BCUT2D eigenvalue weighted by Crippen LogP contribution is -2.43. The largest absolute Gasteiger partial charge is 0.373 e. The quantitative estimate of drug-likeness (QED) is 0.589. The zero-order valence-corrected chi connectivity index (χ0v) is 18.2. The van der Waals surface area contributed by atoms with Gasteiger partial charge in [-0.05, 0) is 61.7 Å². The van der Waals surface area contributed by atoms with Crippen LogP contribution in [0.1, 0.15) is 40.5 Å². The molecule has 0 spiro atoms. The fourth-order valence-corrected chi connectivity index (χ4v) is 4.39. The van der Waals surface area contributed by atoms with Crippen molar-refractivity contribution in [1.82, 2.24) is 20.2 Å². The van der Waals surface area contributed by atoms with Gasteiger partial charge in [-0.3, -0.25) is 14.7 Å². The number of carbonyl (C=O) groups is 1. The normalized spacial score (nSPS) is 17.5. The van der Waals surface area contributed by atoms with Crippen LogP contribution in [-0.2, 0) is 6.54 Å². The third-order valence-corrected chi connectivity index (χ3v) is 5.92. The van der Waals surface area contributed by atoms with Gasteiger partial charge in [0.2, 0.25) is 0 Å². The summed E-state index contributed by atoms with van der Waals surface area (Å²) < 4.78 is 13.7. The molecule has 0 radical (unpaired) electrons. The first-order valence-electron chi connectivity index (χ1n) is 11.0. The molecule has 7 heteroatoms. The van der Waals surface area contributed by atoms with E-state index in [0.29, 0.717) is 5.56 Å². The van der Waals surface area contributed by atoms with E-state index in [1.54, 1.807) is 24.5 Å². The molecule has 32 heavy (non-hydrogen) atoms. The second kappa shape index (κ2) is 10.3. The first-order valence-corrected chi connectivity index (χ1v) is 11.0. The average molecular weight is 434 g/mol.